The van der Waals surface area contributed by atoms with Crippen LogP contribution >= 0.6 is 0 Å². The Balaban J connectivity index is 2.19. The van der Waals surface area contributed by atoms with E-state index in [0.29, 0.717) is 12.2 Å². The minimum absolute atomic E-state index is 0.236. The Hall–Kier alpha value is -1.35. The van der Waals surface area contributed by atoms with E-state index in [2.05, 4.69) is 12.2 Å². The Morgan fingerprint density at radius 1 is 1.24 bits per heavy atom. The summed E-state index contributed by atoms with van der Waals surface area (Å²) in [5, 5.41) is 3.26. The van der Waals surface area contributed by atoms with Crippen LogP contribution in [0.3, 0.4) is 0 Å². The van der Waals surface area contributed by atoms with Crippen molar-refractivity contribution in [2.75, 3.05) is 19.7 Å². The van der Waals surface area contributed by atoms with Gasteiger partial charge in [-0.25, -0.2) is 4.79 Å². The van der Waals surface area contributed by atoms with Gasteiger partial charge in [0.15, 0.2) is 0 Å². The average Bonchev–Trinajstić information content (AvgIpc) is 2.34. The second-order valence-electron chi connectivity index (χ2n) is 4.11. The van der Waals surface area contributed by atoms with Crippen molar-refractivity contribution in [3.8, 4) is 0 Å². The number of aryl methyl sites for hydroxylation is 1. The van der Waals surface area contributed by atoms with Gasteiger partial charge < -0.3 is 10.1 Å². The van der Waals surface area contributed by atoms with E-state index in [-0.39, 0.29) is 5.97 Å². The molecule has 17 heavy (non-hydrogen) atoms. The summed E-state index contributed by atoms with van der Waals surface area (Å²) in [6.07, 6.45) is 1.99. The number of benzene rings is 1. The van der Waals surface area contributed by atoms with E-state index >= 15 is 0 Å². The minimum Gasteiger partial charge on any atom is -0.462 e. The molecular formula is C14H21NO2. The van der Waals surface area contributed by atoms with Crippen LogP contribution in [0.15, 0.2) is 24.3 Å². The van der Waals surface area contributed by atoms with Crippen molar-refractivity contribution < 1.29 is 9.53 Å². The highest BCUT2D eigenvalue weighted by Gasteiger charge is 2.05. The van der Waals surface area contributed by atoms with Crippen molar-refractivity contribution >= 4 is 5.97 Å². The van der Waals surface area contributed by atoms with Gasteiger partial charge in [0.1, 0.15) is 0 Å². The normalized spacial score (nSPS) is 10.2. The number of carbonyl (C=O) groups excluding carboxylic acids is 1. The van der Waals surface area contributed by atoms with Gasteiger partial charge in [0.05, 0.1) is 12.2 Å². The Kier molecular flexibility index (Phi) is 6.33. The number of esters is 1. The zero-order valence-corrected chi connectivity index (χ0v) is 10.7. The molecule has 0 aliphatic rings. The fraction of sp³-hybridized carbons (Fsp3) is 0.500. The van der Waals surface area contributed by atoms with Crippen molar-refractivity contribution in [3.63, 3.8) is 0 Å². The predicted octanol–water partition coefficient (Wildman–Crippen LogP) is 2.54. The van der Waals surface area contributed by atoms with Gasteiger partial charge in [0.25, 0.3) is 0 Å². The maximum atomic E-state index is 11.6. The van der Waals surface area contributed by atoms with Crippen LogP contribution in [0.5, 0.6) is 0 Å². The average molecular weight is 235 g/mol. The number of rotatable bonds is 7. The molecule has 1 aromatic carbocycles. The van der Waals surface area contributed by atoms with Gasteiger partial charge in [-0.05, 0) is 45.0 Å². The molecule has 94 valence electrons. The number of ether oxygens (including phenoxy) is 1. The first-order valence-corrected chi connectivity index (χ1v) is 6.18. The summed E-state index contributed by atoms with van der Waals surface area (Å²) in [7, 11) is 0. The SMILES string of the molecule is CCCNCCCOC(=O)c1ccc(C)cc1. The molecular weight excluding hydrogens is 214 g/mol. The molecule has 3 nitrogen and oxygen atoms in total. The number of carbonyl (C=O) groups is 1. The van der Waals surface area contributed by atoms with Crippen LogP contribution in [-0.2, 0) is 4.74 Å². The fourth-order valence-corrected chi connectivity index (χ4v) is 1.44. The summed E-state index contributed by atoms with van der Waals surface area (Å²) in [4.78, 5) is 11.6. The molecule has 1 aromatic rings. The van der Waals surface area contributed by atoms with E-state index in [4.69, 9.17) is 4.74 Å². The van der Waals surface area contributed by atoms with E-state index in [1.807, 2.05) is 19.1 Å². The maximum absolute atomic E-state index is 11.6. The van der Waals surface area contributed by atoms with Crippen LogP contribution in [0.1, 0.15) is 35.7 Å². The summed E-state index contributed by atoms with van der Waals surface area (Å²) < 4.78 is 5.17. The van der Waals surface area contributed by atoms with Crippen LogP contribution in [0.25, 0.3) is 0 Å². The first-order chi connectivity index (χ1) is 8.24. The standard InChI is InChI=1S/C14H21NO2/c1-3-9-15-10-4-11-17-14(16)13-7-5-12(2)6-8-13/h5-8,15H,3-4,9-11H2,1-2H3. The van der Waals surface area contributed by atoms with E-state index in [1.165, 1.54) is 0 Å². The molecule has 1 rings (SSSR count). The van der Waals surface area contributed by atoms with Gasteiger partial charge in [-0.3, -0.25) is 0 Å². The minimum atomic E-state index is -0.236. The topological polar surface area (TPSA) is 38.3 Å². The molecule has 0 atom stereocenters. The van der Waals surface area contributed by atoms with Crippen molar-refractivity contribution in [2.45, 2.75) is 26.7 Å². The molecule has 0 fully saturated rings. The van der Waals surface area contributed by atoms with Gasteiger partial charge in [0.2, 0.25) is 0 Å². The van der Waals surface area contributed by atoms with Gasteiger partial charge in [0, 0.05) is 0 Å². The third-order valence-corrected chi connectivity index (χ3v) is 2.45. The summed E-state index contributed by atoms with van der Waals surface area (Å²) in [5.41, 5.74) is 1.77. The molecule has 0 saturated heterocycles. The summed E-state index contributed by atoms with van der Waals surface area (Å²) >= 11 is 0. The molecule has 0 bridgehead atoms. The van der Waals surface area contributed by atoms with Crippen molar-refractivity contribution in [1.29, 1.82) is 0 Å². The molecule has 3 heteroatoms. The Morgan fingerprint density at radius 2 is 1.94 bits per heavy atom. The predicted molar refractivity (Wildman–Crippen MR) is 69.2 cm³/mol. The van der Waals surface area contributed by atoms with Crippen molar-refractivity contribution in [3.05, 3.63) is 35.4 Å². The van der Waals surface area contributed by atoms with Gasteiger partial charge in [-0.15, -0.1) is 0 Å². The molecule has 0 unspecified atom stereocenters. The number of hydrogen-bond donors (Lipinski definition) is 1. The van der Waals surface area contributed by atoms with Gasteiger partial charge in [-0.2, -0.15) is 0 Å². The second kappa shape index (κ2) is 7.85. The van der Waals surface area contributed by atoms with Gasteiger partial charge in [-0.1, -0.05) is 24.6 Å². The van der Waals surface area contributed by atoms with Crippen LogP contribution in [-0.4, -0.2) is 25.7 Å². The number of hydrogen-bond acceptors (Lipinski definition) is 3. The largest absolute Gasteiger partial charge is 0.462 e. The van der Waals surface area contributed by atoms with Crippen LogP contribution in [0, 0.1) is 6.92 Å². The van der Waals surface area contributed by atoms with E-state index in [1.54, 1.807) is 12.1 Å². The molecule has 0 heterocycles. The zero-order chi connectivity index (χ0) is 12.5. The highest BCUT2D eigenvalue weighted by Crippen LogP contribution is 2.04. The molecule has 0 saturated carbocycles. The lowest BCUT2D eigenvalue weighted by Gasteiger charge is -2.05. The molecule has 1 N–H and O–H groups in total. The quantitative estimate of drug-likeness (QED) is 0.583. The first-order valence-electron chi connectivity index (χ1n) is 6.18. The number of nitrogens with one attached hydrogen (secondary N) is 1. The highest BCUT2D eigenvalue weighted by molar-refractivity contribution is 5.89. The Labute approximate surface area is 103 Å². The summed E-state index contributed by atoms with van der Waals surface area (Å²) in [6.45, 7) is 6.52. The van der Waals surface area contributed by atoms with E-state index in [0.717, 1.165) is 31.5 Å². The Bertz CT molecular complexity index is 333. The Morgan fingerprint density at radius 3 is 2.59 bits per heavy atom. The first kappa shape index (κ1) is 13.7. The lowest BCUT2D eigenvalue weighted by molar-refractivity contribution is 0.0501. The third-order valence-electron chi connectivity index (χ3n) is 2.45. The molecule has 0 spiro atoms. The van der Waals surface area contributed by atoms with Crippen LogP contribution < -0.4 is 5.32 Å². The third kappa shape index (κ3) is 5.50. The zero-order valence-electron chi connectivity index (χ0n) is 10.7. The van der Waals surface area contributed by atoms with E-state index in [9.17, 15) is 4.79 Å². The van der Waals surface area contributed by atoms with E-state index < -0.39 is 0 Å². The second-order valence-corrected chi connectivity index (χ2v) is 4.11. The molecule has 0 aliphatic heterocycles. The highest BCUT2D eigenvalue weighted by atomic mass is 16.5. The van der Waals surface area contributed by atoms with Crippen molar-refractivity contribution in [1.82, 2.24) is 5.32 Å². The molecule has 0 radical (unpaired) electrons. The van der Waals surface area contributed by atoms with Crippen molar-refractivity contribution in [2.24, 2.45) is 0 Å². The monoisotopic (exact) mass is 235 g/mol. The van der Waals surface area contributed by atoms with Crippen LogP contribution in [0.2, 0.25) is 0 Å². The summed E-state index contributed by atoms with van der Waals surface area (Å²) in [5.74, 6) is -0.236. The lowest BCUT2D eigenvalue weighted by atomic mass is 10.1. The summed E-state index contributed by atoms with van der Waals surface area (Å²) in [6, 6.07) is 7.43. The lowest BCUT2D eigenvalue weighted by Crippen LogP contribution is -2.18. The van der Waals surface area contributed by atoms with Crippen LogP contribution in [0.4, 0.5) is 0 Å². The molecule has 0 aromatic heterocycles. The fourth-order valence-electron chi connectivity index (χ4n) is 1.44. The van der Waals surface area contributed by atoms with Gasteiger partial charge >= 0.3 is 5.97 Å². The maximum Gasteiger partial charge on any atom is 0.338 e. The smallest absolute Gasteiger partial charge is 0.338 e. The molecule has 0 aliphatic carbocycles. The molecule has 0 amide bonds.